The molecule has 110 valence electrons. The fraction of sp³-hybridized carbons (Fsp3) is 0.625. The van der Waals surface area contributed by atoms with E-state index >= 15 is 0 Å². The van der Waals surface area contributed by atoms with Crippen LogP contribution in [0.1, 0.15) is 39.5 Å². The van der Waals surface area contributed by atoms with Crippen molar-refractivity contribution in [3.8, 4) is 0 Å². The Morgan fingerprint density at radius 2 is 1.20 bits per heavy atom. The van der Waals surface area contributed by atoms with Gasteiger partial charge in [0.15, 0.2) is 0 Å². The van der Waals surface area contributed by atoms with E-state index in [1.165, 1.54) is 0 Å². The van der Waals surface area contributed by atoms with Gasteiger partial charge in [-0.15, -0.1) is 0 Å². The molecule has 2 heterocycles. The summed E-state index contributed by atoms with van der Waals surface area (Å²) in [6, 6.07) is 8.36. The minimum atomic E-state index is -0.213. The zero-order valence-electron chi connectivity index (χ0n) is 12.4. The van der Waals surface area contributed by atoms with Gasteiger partial charge in [0.05, 0.1) is 0 Å². The van der Waals surface area contributed by atoms with Gasteiger partial charge in [-0.3, -0.25) is 0 Å². The summed E-state index contributed by atoms with van der Waals surface area (Å²) in [6.45, 7) is 5.91. The van der Waals surface area contributed by atoms with Crippen LogP contribution in [0.15, 0.2) is 24.3 Å². The Hall–Kier alpha value is -1.26. The third-order valence-electron chi connectivity index (χ3n) is 4.14. The molecular weight excluding hydrogens is 252 g/mol. The second-order valence-electron chi connectivity index (χ2n) is 6.19. The summed E-state index contributed by atoms with van der Waals surface area (Å²) in [5.41, 5.74) is 1.76. The van der Waals surface area contributed by atoms with Crippen LogP contribution >= 0.6 is 0 Å². The van der Waals surface area contributed by atoms with Crippen molar-refractivity contribution >= 4 is 11.4 Å². The van der Waals surface area contributed by atoms with Gasteiger partial charge in [-0.25, -0.2) is 0 Å². The van der Waals surface area contributed by atoms with E-state index in [-0.39, 0.29) is 11.4 Å². The summed E-state index contributed by atoms with van der Waals surface area (Å²) in [5.74, 6) is 0. The van der Waals surface area contributed by atoms with Crippen LogP contribution in [0.3, 0.4) is 0 Å². The fourth-order valence-electron chi connectivity index (χ4n) is 3.00. The average molecular weight is 276 g/mol. The predicted molar refractivity (Wildman–Crippen MR) is 80.9 cm³/mol. The van der Waals surface area contributed by atoms with Crippen molar-refractivity contribution in [3.05, 3.63) is 24.3 Å². The molecule has 3 rings (SSSR count). The number of anilines is 2. The van der Waals surface area contributed by atoms with Crippen LogP contribution in [0.5, 0.6) is 0 Å². The molecule has 0 bridgehead atoms. The molecule has 4 nitrogen and oxygen atoms in total. The summed E-state index contributed by atoms with van der Waals surface area (Å²) < 4.78 is 11.5. The van der Waals surface area contributed by atoms with Gasteiger partial charge in [-0.05, 0) is 63.8 Å². The highest BCUT2D eigenvalue weighted by Crippen LogP contribution is 2.30. The van der Waals surface area contributed by atoms with Crippen LogP contribution in [-0.4, -0.2) is 24.7 Å². The molecule has 2 fully saturated rings. The van der Waals surface area contributed by atoms with Gasteiger partial charge in [0.25, 0.3) is 0 Å². The summed E-state index contributed by atoms with van der Waals surface area (Å²) in [7, 11) is 0. The van der Waals surface area contributed by atoms with Crippen molar-refractivity contribution in [3.63, 3.8) is 0 Å². The van der Waals surface area contributed by atoms with Crippen LogP contribution in [0.25, 0.3) is 0 Å². The first kappa shape index (κ1) is 13.7. The van der Waals surface area contributed by atoms with E-state index in [1.807, 2.05) is 0 Å². The lowest BCUT2D eigenvalue weighted by molar-refractivity contribution is 0.0440. The van der Waals surface area contributed by atoms with E-state index in [9.17, 15) is 0 Å². The zero-order valence-corrected chi connectivity index (χ0v) is 12.4. The Kier molecular flexibility index (Phi) is 3.61. The standard InChI is InChI=1S/C16H24N2O2/c1-15(9-3-11-19-15)17-13-5-7-14(8-6-13)18-16(2)10-4-12-20-16/h5-8,17-18H,3-4,9-12H2,1-2H3. The molecule has 1 aromatic rings. The lowest BCUT2D eigenvalue weighted by Crippen LogP contribution is -2.34. The molecule has 2 aliphatic heterocycles. The highest BCUT2D eigenvalue weighted by Gasteiger charge is 2.30. The maximum Gasteiger partial charge on any atom is 0.135 e. The molecule has 0 aromatic heterocycles. The number of ether oxygens (including phenoxy) is 2. The maximum absolute atomic E-state index is 5.75. The first-order chi connectivity index (χ1) is 9.57. The van der Waals surface area contributed by atoms with Gasteiger partial charge in [0, 0.05) is 24.6 Å². The number of rotatable bonds is 4. The fourth-order valence-corrected chi connectivity index (χ4v) is 3.00. The Labute approximate surface area is 120 Å². The predicted octanol–water partition coefficient (Wildman–Crippen LogP) is 3.56. The lowest BCUT2D eigenvalue weighted by atomic mass is 10.1. The van der Waals surface area contributed by atoms with Crippen LogP contribution in [0.2, 0.25) is 0 Å². The topological polar surface area (TPSA) is 42.5 Å². The quantitative estimate of drug-likeness (QED) is 0.882. The average Bonchev–Trinajstić information content (AvgIpc) is 3.02. The van der Waals surface area contributed by atoms with Gasteiger partial charge >= 0.3 is 0 Å². The first-order valence-corrected chi connectivity index (χ1v) is 7.51. The van der Waals surface area contributed by atoms with Gasteiger partial charge in [0.1, 0.15) is 11.4 Å². The molecular formula is C16H24N2O2. The Morgan fingerprint density at radius 3 is 1.50 bits per heavy atom. The van der Waals surface area contributed by atoms with Crippen molar-refractivity contribution in [1.29, 1.82) is 0 Å². The van der Waals surface area contributed by atoms with Gasteiger partial charge in [-0.1, -0.05) is 0 Å². The second kappa shape index (κ2) is 5.26. The Morgan fingerprint density at radius 1 is 0.800 bits per heavy atom. The monoisotopic (exact) mass is 276 g/mol. The van der Waals surface area contributed by atoms with Crippen LogP contribution < -0.4 is 10.6 Å². The highest BCUT2D eigenvalue weighted by atomic mass is 16.5. The molecule has 0 saturated carbocycles. The van der Waals surface area contributed by atoms with Gasteiger partial charge < -0.3 is 20.1 Å². The summed E-state index contributed by atoms with van der Waals surface area (Å²) in [4.78, 5) is 0. The number of hydrogen-bond acceptors (Lipinski definition) is 4. The lowest BCUT2D eigenvalue weighted by Gasteiger charge is -2.27. The molecule has 0 spiro atoms. The Bertz CT molecular complexity index is 403. The molecule has 1 aromatic carbocycles. The second-order valence-corrected chi connectivity index (χ2v) is 6.19. The van der Waals surface area contributed by atoms with E-state index in [0.29, 0.717) is 0 Å². The van der Waals surface area contributed by atoms with Crippen molar-refractivity contribution < 1.29 is 9.47 Å². The minimum Gasteiger partial charge on any atom is -0.358 e. The molecule has 4 heteroatoms. The minimum absolute atomic E-state index is 0.213. The molecule has 2 N–H and O–H groups in total. The number of nitrogens with one attached hydrogen (secondary N) is 2. The van der Waals surface area contributed by atoms with Crippen molar-refractivity contribution in [2.45, 2.75) is 51.0 Å². The highest BCUT2D eigenvalue weighted by molar-refractivity contribution is 5.55. The normalized spacial score (nSPS) is 33.3. The summed E-state index contributed by atoms with van der Waals surface area (Å²) >= 11 is 0. The SMILES string of the molecule is CC1(Nc2ccc(NC3(C)CCCO3)cc2)CCCO1. The van der Waals surface area contributed by atoms with Crippen LogP contribution in [0.4, 0.5) is 11.4 Å². The zero-order chi connectivity index (χ0) is 14.1. The van der Waals surface area contributed by atoms with Crippen molar-refractivity contribution in [2.75, 3.05) is 23.8 Å². The molecule has 2 saturated heterocycles. The van der Waals surface area contributed by atoms with Crippen molar-refractivity contribution in [1.82, 2.24) is 0 Å². The maximum atomic E-state index is 5.75. The molecule has 2 unspecified atom stereocenters. The molecule has 0 radical (unpaired) electrons. The van der Waals surface area contributed by atoms with Gasteiger partial charge in [0.2, 0.25) is 0 Å². The van der Waals surface area contributed by atoms with Crippen molar-refractivity contribution in [2.24, 2.45) is 0 Å². The van der Waals surface area contributed by atoms with E-state index in [2.05, 4.69) is 48.7 Å². The van der Waals surface area contributed by atoms with E-state index < -0.39 is 0 Å². The smallest absolute Gasteiger partial charge is 0.135 e. The van der Waals surface area contributed by atoms with E-state index in [4.69, 9.17) is 9.47 Å². The number of hydrogen-bond donors (Lipinski definition) is 2. The van der Waals surface area contributed by atoms with Crippen LogP contribution in [-0.2, 0) is 9.47 Å². The molecule has 20 heavy (non-hydrogen) atoms. The van der Waals surface area contributed by atoms with E-state index in [0.717, 1.165) is 50.3 Å². The van der Waals surface area contributed by atoms with E-state index in [1.54, 1.807) is 0 Å². The first-order valence-electron chi connectivity index (χ1n) is 7.51. The summed E-state index contributed by atoms with van der Waals surface area (Å²) in [5, 5.41) is 6.93. The summed E-state index contributed by atoms with van der Waals surface area (Å²) in [6.07, 6.45) is 4.36. The third-order valence-corrected chi connectivity index (χ3v) is 4.14. The molecule has 0 aliphatic carbocycles. The third kappa shape index (κ3) is 3.07. The molecule has 0 amide bonds. The largest absolute Gasteiger partial charge is 0.358 e. The number of benzene rings is 1. The molecule has 2 atom stereocenters. The Balaban J connectivity index is 1.62. The molecule has 2 aliphatic rings. The van der Waals surface area contributed by atoms with Crippen LogP contribution in [0, 0.1) is 0 Å². The van der Waals surface area contributed by atoms with Gasteiger partial charge in [-0.2, -0.15) is 0 Å².